The Labute approximate surface area is 403 Å². The van der Waals surface area contributed by atoms with Crippen LogP contribution in [0.3, 0.4) is 0 Å². The molecule has 0 heterocycles. The first-order valence-corrected chi connectivity index (χ1v) is 34.4. The Kier molecular flexibility index (Phi) is 26.0. The average molecular weight is 978 g/mol. The summed E-state index contributed by atoms with van der Waals surface area (Å²) in [7, 11) is 10.9. The van der Waals surface area contributed by atoms with Crippen molar-refractivity contribution in [2.75, 3.05) is 56.9 Å². The van der Waals surface area contributed by atoms with E-state index in [1.165, 1.54) is 146 Å². The molecule has 0 atom stereocenters. The third-order valence-electron chi connectivity index (χ3n) is 13.6. The van der Waals surface area contributed by atoms with Crippen molar-refractivity contribution in [3.8, 4) is 46.0 Å². The lowest BCUT2D eigenvalue weighted by molar-refractivity contribution is 0.357. The minimum atomic E-state index is -1.50. The molecule has 0 radical (unpaired) electrons. The van der Waals surface area contributed by atoms with E-state index in [9.17, 15) is 0 Å². The van der Waals surface area contributed by atoms with Crippen LogP contribution < -0.4 is 58.6 Å². The van der Waals surface area contributed by atoms with Crippen LogP contribution in [0.25, 0.3) is 0 Å². The first-order valence-electron chi connectivity index (χ1n) is 24.7. The molecule has 360 valence electrons. The van der Waals surface area contributed by atoms with Gasteiger partial charge in [-0.3, -0.25) is 0 Å². The summed E-state index contributed by atoms with van der Waals surface area (Å²) in [5.41, 5.74) is 0. The van der Waals surface area contributed by atoms with Gasteiger partial charge in [0.05, 0.1) is 103 Å². The van der Waals surface area contributed by atoms with Crippen LogP contribution in [0.4, 0.5) is 0 Å². The number of para-hydroxylation sites is 4. The van der Waals surface area contributed by atoms with Gasteiger partial charge in [0.15, 0.2) is 46.0 Å². The second-order valence-corrected chi connectivity index (χ2v) is 30.6. The quantitative estimate of drug-likeness (QED) is 0.0338. The fourth-order valence-electron chi connectivity index (χ4n) is 10.0. The summed E-state index contributed by atoms with van der Waals surface area (Å²) < 4.78 is 45.6. The second kappa shape index (κ2) is 31.4. The highest BCUT2D eigenvalue weighted by molar-refractivity contribution is 6.79. The van der Waals surface area contributed by atoms with Crippen molar-refractivity contribution in [1.29, 1.82) is 0 Å². The number of methoxy groups -OCH3 is 8. The second-order valence-electron chi connectivity index (χ2n) is 17.8. The Bertz CT molecular complexity index is 1660. The highest BCUT2D eigenvalue weighted by Crippen LogP contribution is 2.36. The maximum absolute atomic E-state index is 5.79. The number of hydrogen-bond donors (Lipinski definition) is 0. The summed E-state index contributed by atoms with van der Waals surface area (Å²) in [4.78, 5) is 0. The fraction of sp³-hybridized carbons (Fsp3) is 0.538. The lowest BCUT2D eigenvalue weighted by Crippen LogP contribution is -2.34. The van der Waals surface area contributed by atoms with Crippen molar-refractivity contribution in [2.24, 2.45) is 0 Å². The largest absolute Gasteiger partial charge is 0.493 e. The third kappa shape index (κ3) is 17.5. The molecule has 4 rings (SSSR count). The molecular formula is C52H84O8Si5. The van der Waals surface area contributed by atoms with Gasteiger partial charge < -0.3 is 37.9 Å². The molecule has 0 aliphatic carbocycles. The lowest BCUT2D eigenvalue weighted by Gasteiger charge is -2.33. The van der Waals surface area contributed by atoms with Gasteiger partial charge >= 0.3 is 0 Å². The van der Waals surface area contributed by atoms with Crippen molar-refractivity contribution in [3.05, 3.63) is 72.8 Å². The molecule has 0 spiro atoms. The summed E-state index contributed by atoms with van der Waals surface area (Å²) in [5, 5.41) is 5.57. The molecule has 0 saturated carbocycles. The maximum Gasteiger partial charge on any atom is 0.160 e. The topological polar surface area (TPSA) is 73.8 Å². The fourth-order valence-corrected chi connectivity index (χ4v) is 22.9. The van der Waals surface area contributed by atoms with E-state index in [1.54, 1.807) is 56.9 Å². The molecular weight excluding hydrogens is 893 g/mol. The van der Waals surface area contributed by atoms with Gasteiger partial charge in [0, 0.05) is 0 Å². The zero-order valence-electron chi connectivity index (χ0n) is 41.7. The zero-order valence-corrected chi connectivity index (χ0v) is 48.3. The van der Waals surface area contributed by atoms with Crippen molar-refractivity contribution < 1.29 is 37.9 Å². The molecule has 0 unspecified atom stereocenters. The first kappa shape index (κ1) is 54.0. The van der Waals surface area contributed by atoms with E-state index in [2.05, 4.69) is 48.5 Å². The van der Waals surface area contributed by atoms with E-state index in [4.69, 9.17) is 37.9 Å². The zero-order chi connectivity index (χ0) is 46.5. The van der Waals surface area contributed by atoms with Crippen molar-refractivity contribution in [2.45, 2.75) is 125 Å². The summed E-state index contributed by atoms with van der Waals surface area (Å²) in [5.74, 6) is 7.26. The molecule has 13 heteroatoms. The standard InChI is InChI=1S/C52H84O8Si5/c1-53-41-25-21-29-45(49(41)57-5)61-33-13-9-17-37-65(38-18-10-14-34-62-46-30-22-26-42(54-2)50(46)58-6,39-19-11-15-35-63-47-31-23-27-43(55-3)51(47)59-7)40-20-12-16-36-64-48-32-24-28-44(56-4)52(48)60-8/h21-32H,9-20,33-40,61-64H2,1-8H3. The minimum absolute atomic E-state index is 0.421. The monoisotopic (exact) mass is 977 g/mol. The molecule has 0 aromatic heterocycles. The lowest BCUT2D eigenvalue weighted by atomic mass is 10.3. The van der Waals surface area contributed by atoms with Crippen LogP contribution in [0.5, 0.6) is 46.0 Å². The molecule has 0 bridgehead atoms. The molecule has 0 amide bonds. The molecule has 4 aromatic rings. The maximum atomic E-state index is 5.79. The molecule has 65 heavy (non-hydrogen) atoms. The number of hydrogen-bond acceptors (Lipinski definition) is 8. The van der Waals surface area contributed by atoms with Gasteiger partial charge in [-0.1, -0.05) is 174 Å². The minimum Gasteiger partial charge on any atom is -0.493 e. The normalized spacial score (nSPS) is 12.8. The van der Waals surface area contributed by atoms with E-state index >= 15 is 0 Å². The summed E-state index contributed by atoms with van der Waals surface area (Å²) >= 11 is 0. The molecule has 0 aliphatic rings. The summed E-state index contributed by atoms with van der Waals surface area (Å²) in [6, 6.07) is 36.9. The third-order valence-corrected chi connectivity index (χ3v) is 27.0. The molecule has 0 saturated heterocycles. The summed E-state index contributed by atoms with van der Waals surface area (Å²) in [6.45, 7) is 0. The highest BCUT2D eigenvalue weighted by atomic mass is 28.3. The smallest absolute Gasteiger partial charge is 0.160 e. The Morgan fingerprint density at radius 3 is 0.723 bits per heavy atom. The number of ether oxygens (including phenoxy) is 8. The van der Waals surface area contributed by atoms with Crippen LogP contribution in [-0.2, 0) is 0 Å². The van der Waals surface area contributed by atoms with Gasteiger partial charge in [-0.2, -0.15) is 0 Å². The van der Waals surface area contributed by atoms with Gasteiger partial charge in [-0.15, -0.1) is 0 Å². The van der Waals surface area contributed by atoms with Gasteiger partial charge in [0.25, 0.3) is 0 Å². The van der Waals surface area contributed by atoms with Crippen molar-refractivity contribution in [3.63, 3.8) is 0 Å². The number of rotatable bonds is 36. The van der Waals surface area contributed by atoms with Gasteiger partial charge in [-0.25, -0.2) is 0 Å². The number of benzene rings is 4. The van der Waals surface area contributed by atoms with Crippen molar-refractivity contribution >= 4 is 66.9 Å². The van der Waals surface area contributed by atoms with Gasteiger partial charge in [-0.05, 0) is 45.0 Å². The first-order chi connectivity index (χ1) is 31.9. The Morgan fingerprint density at radius 2 is 0.523 bits per heavy atom. The van der Waals surface area contributed by atoms with Gasteiger partial charge in [0.2, 0.25) is 0 Å². The van der Waals surface area contributed by atoms with Crippen molar-refractivity contribution in [1.82, 2.24) is 0 Å². The van der Waals surface area contributed by atoms with Crippen LogP contribution in [0, 0.1) is 0 Å². The van der Waals surface area contributed by atoms with E-state index in [-0.39, 0.29) is 0 Å². The van der Waals surface area contributed by atoms with E-state index in [0.717, 1.165) is 46.0 Å². The van der Waals surface area contributed by atoms with Crippen LogP contribution in [-0.4, -0.2) is 103 Å². The predicted octanol–water partition coefficient (Wildman–Crippen LogP) is 7.84. The molecule has 8 nitrogen and oxygen atoms in total. The van der Waals surface area contributed by atoms with Crippen LogP contribution in [0.15, 0.2) is 72.8 Å². The Hall–Kier alpha value is -3.64. The van der Waals surface area contributed by atoms with Crippen LogP contribution >= 0.6 is 0 Å². The molecule has 0 fully saturated rings. The SMILES string of the molecule is COc1cccc([SiH2]CCCCC[Si](CCCCC[SiH2]c2cccc(OC)c2OC)(CCCCC[SiH2]c2cccc(OC)c2OC)CCCCC[SiH2]c2cccc(OC)c2OC)c1OC. The van der Waals surface area contributed by atoms with E-state index in [0.29, 0.717) is 0 Å². The average Bonchev–Trinajstić information content (AvgIpc) is 3.34. The van der Waals surface area contributed by atoms with Crippen LogP contribution in [0.1, 0.15) is 77.0 Å². The Balaban J connectivity index is 1.40. The number of unbranched alkanes of at least 4 members (excludes halogenated alkanes) is 8. The highest BCUT2D eigenvalue weighted by Gasteiger charge is 2.31. The summed E-state index contributed by atoms with van der Waals surface area (Å²) in [6.07, 6.45) is 16.3. The molecule has 0 N–H and O–H groups in total. The molecule has 0 aliphatic heterocycles. The van der Waals surface area contributed by atoms with Gasteiger partial charge in [0.1, 0.15) is 0 Å². The molecule has 4 aromatic carbocycles. The Morgan fingerprint density at radius 1 is 0.292 bits per heavy atom. The van der Waals surface area contributed by atoms with Crippen LogP contribution in [0.2, 0.25) is 48.4 Å². The van der Waals surface area contributed by atoms with E-state index < -0.39 is 46.2 Å². The predicted molar refractivity (Wildman–Crippen MR) is 291 cm³/mol. The van der Waals surface area contributed by atoms with E-state index in [1.807, 2.05) is 24.3 Å².